The van der Waals surface area contributed by atoms with Gasteiger partial charge in [0.05, 0.1) is 5.52 Å². The fourth-order valence-electron chi connectivity index (χ4n) is 5.10. The minimum Gasteiger partial charge on any atom is -0.310 e. The van der Waals surface area contributed by atoms with Crippen LogP contribution in [0.3, 0.4) is 0 Å². The standard InChI is InChI=1S/C26H27F2N3O/c27-21-5-1-3-18(15-21)4-2-12-29-22-10-13-30(14-11-22)16-20-17-31-24(32)9-7-19-6-8-23(28)25(20)26(19)31/h1-9,15,20,22,29H,10-14,16-17H2/t20-/m1/s1. The summed E-state index contributed by atoms with van der Waals surface area (Å²) in [6.45, 7) is 3.96. The van der Waals surface area contributed by atoms with Crippen molar-refractivity contribution in [2.45, 2.75) is 31.3 Å². The average molecular weight is 436 g/mol. The molecule has 3 aromatic rings. The molecule has 0 saturated carbocycles. The van der Waals surface area contributed by atoms with E-state index in [0.717, 1.165) is 55.5 Å². The number of nitrogens with zero attached hydrogens (tertiary/aromatic N) is 2. The summed E-state index contributed by atoms with van der Waals surface area (Å²) in [6.07, 6.45) is 6.01. The fraction of sp³-hybridized carbons (Fsp3) is 0.346. The van der Waals surface area contributed by atoms with Crippen LogP contribution in [0.25, 0.3) is 17.0 Å². The second kappa shape index (κ2) is 8.96. The Morgan fingerprint density at radius 3 is 2.69 bits per heavy atom. The van der Waals surface area contributed by atoms with Gasteiger partial charge in [-0.05, 0) is 67.2 Å². The van der Waals surface area contributed by atoms with Crippen molar-refractivity contribution in [1.82, 2.24) is 14.8 Å². The Morgan fingerprint density at radius 1 is 1.06 bits per heavy atom. The molecule has 1 atom stereocenters. The summed E-state index contributed by atoms with van der Waals surface area (Å²) in [5, 5.41) is 4.48. The monoisotopic (exact) mass is 435 g/mol. The number of halogens is 2. The first-order chi connectivity index (χ1) is 15.6. The molecule has 1 saturated heterocycles. The van der Waals surface area contributed by atoms with E-state index in [-0.39, 0.29) is 23.1 Å². The third-order valence-corrected chi connectivity index (χ3v) is 6.70. The van der Waals surface area contributed by atoms with Crippen molar-refractivity contribution in [3.05, 3.63) is 87.7 Å². The quantitative estimate of drug-likeness (QED) is 0.632. The predicted octanol–water partition coefficient (Wildman–Crippen LogP) is 4.14. The number of benzene rings is 2. The third kappa shape index (κ3) is 4.25. The Labute approximate surface area is 186 Å². The van der Waals surface area contributed by atoms with Crippen LogP contribution in [0.1, 0.15) is 29.9 Å². The Bertz CT molecular complexity index is 1210. The Hall–Kier alpha value is -2.83. The summed E-state index contributed by atoms with van der Waals surface area (Å²) in [5.41, 5.74) is 2.27. The van der Waals surface area contributed by atoms with E-state index in [0.29, 0.717) is 18.2 Å². The fourth-order valence-corrected chi connectivity index (χ4v) is 5.10. The third-order valence-electron chi connectivity index (χ3n) is 6.70. The second-order valence-corrected chi connectivity index (χ2v) is 8.82. The lowest BCUT2D eigenvalue weighted by atomic mass is 9.97. The molecule has 1 aromatic heterocycles. The lowest BCUT2D eigenvalue weighted by Crippen LogP contribution is -2.44. The summed E-state index contributed by atoms with van der Waals surface area (Å²) < 4.78 is 29.7. The summed E-state index contributed by atoms with van der Waals surface area (Å²) in [5.74, 6) is -0.424. The van der Waals surface area contributed by atoms with Crippen molar-refractivity contribution in [3.8, 4) is 0 Å². The molecule has 1 N–H and O–H groups in total. The number of pyridine rings is 1. The molecule has 2 aromatic carbocycles. The van der Waals surface area contributed by atoms with Crippen molar-refractivity contribution >= 4 is 17.0 Å². The van der Waals surface area contributed by atoms with Crippen LogP contribution >= 0.6 is 0 Å². The molecule has 4 nitrogen and oxygen atoms in total. The molecule has 1 fully saturated rings. The zero-order valence-electron chi connectivity index (χ0n) is 17.9. The van der Waals surface area contributed by atoms with Crippen molar-refractivity contribution in [3.63, 3.8) is 0 Å². The molecule has 0 amide bonds. The van der Waals surface area contributed by atoms with E-state index in [1.165, 1.54) is 18.2 Å². The maximum absolute atomic E-state index is 14.7. The van der Waals surface area contributed by atoms with Crippen LogP contribution in [0, 0.1) is 11.6 Å². The van der Waals surface area contributed by atoms with Gasteiger partial charge in [-0.15, -0.1) is 0 Å². The van der Waals surface area contributed by atoms with Gasteiger partial charge < -0.3 is 14.8 Å². The molecule has 0 spiro atoms. The van der Waals surface area contributed by atoms with Gasteiger partial charge in [0.15, 0.2) is 0 Å². The highest BCUT2D eigenvalue weighted by molar-refractivity contribution is 5.84. The highest BCUT2D eigenvalue weighted by Crippen LogP contribution is 2.35. The maximum atomic E-state index is 14.7. The number of piperidine rings is 1. The van der Waals surface area contributed by atoms with E-state index < -0.39 is 0 Å². The topological polar surface area (TPSA) is 37.3 Å². The number of hydrogen-bond acceptors (Lipinski definition) is 3. The average Bonchev–Trinajstić information content (AvgIpc) is 3.18. The van der Waals surface area contributed by atoms with Gasteiger partial charge in [0.1, 0.15) is 11.6 Å². The Kier molecular flexibility index (Phi) is 5.89. The van der Waals surface area contributed by atoms with E-state index in [1.807, 2.05) is 18.2 Å². The van der Waals surface area contributed by atoms with Gasteiger partial charge >= 0.3 is 0 Å². The van der Waals surface area contributed by atoms with Crippen molar-refractivity contribution in [2.75, 3.05) is 26.2 Å². The first-order valence-electron chi connectivity index (χ1n) is 11.3. The first-order valence-corrected chi connectivity index (χ1v) is 11.3. The lowest BCUT2D eigenvalue weighted by molar-refractivity contribution is 0.186. The minimum absolute atomic E-state index is 0.00695. The number of nitrogens with one attached hydrogen (secondary N) is 1. The molecule has 0 bridgehead atoms. The van der Waals surface area contributed by atoms with E-state index in [2.05, 4.69) is 10.2 Å². The van der Waals surface area contributed by atoms with Crippen LogP contribution < -0.4 is 10.9 Å². The molecule has 6 heteroatoms. The molecule has 166 valence electrons. The van der Waals surface area contributed by atoms with Crippen LogP contribution in [0.2, 0.25) is 0 Å². The first kappa shape index (κ1) is 21.0. The Morgan fingerprint density at radius 2 is 1.88 bits per heavy atom. The van der Waals surface area contributed by atoms with Crippen molar-refractivity contribution in [2.24, 2.45) is 0 Å². The van der Waals surface area contributed by atoms with E-state index in [1.54, 1.807) is 28.8 Å². The molecule has 32 heavy (non-hydrogen) atoms. The maximum Gasteiger partial charge on any atom is 0.251 e. The van der Waals surface area contributed by atoms with Crippen LogP contribution in [0.5, 0.6) is 0 Å². The van der Waals surface area contributed by atoms with Gasteiger partial charge in [0.2, 0.25) is 0 Å². The van der Waals surface area contributed by atoms with E-state index in [9.17, 15) is 13.6 Å². The summed E-state index contributed by atoms with van der Waals surface area (Å²) in [4.78, 5) is 14.7. The molecule has 2 aliphatic heterocycles. The largest absolute Gasteiger partial charge is 0.310 e. The van der Waals surface area contributed by atoms with Crippen LogP contribution in [-0.4, -0.2) is 41.7 Å². The smallest absolute Gasteiger partial charge is 0.251 e. The summed E-state index contributed by atoms with van der Waals surface area (Å²) >= 11 is 0. The highest BCUT2D eigenvalue weighted by Gasteiger charge is 2.31. The summed E-state index contributed by atoms with van der Waals surface area (Å²) in [6, 6.07) is 13.7. The zero-order valence-corrected chi connectivity index (χ0v) is 17.9. The van der Waals surface area contributed by atoms with Crippen LogP contribution in [-0.2, 0) is 6.54 Å². The summed E-state index contributed by atoms with van der Waals surface area (Å²) in [7, 11) is 0. The molecule has 5 rings (SSSR count). The SMILES string of the molecule is O=c1ccc2ccc(F)c3c2n1C[C@H]3CN1CCC(NCC=Cc2cccc(F)c2)CC1. The molecule has 3 heterocycles. The van der Waals surface area contributed by atoms with Gasteiger partial charge in [-0.2, -0.15) is 0 Å². The molecule has 0 radical (unpaired) electrons. The molecular weight excluding hydrogens is 408 g/mol. The highest BCUT2D eigenvalue weighted by atomic mass is 19.1. The second-order valence-electron chi connectivity index (χ2n) is 8.82. The molecule has 2 aliphatic rings. The lowest BCUT2D eigenvalue weighted by Gasteiger charge is -2.34. The zero-order chi connectivity index (χ0) is 22.1. The number of aromatic nitrogens is 1. The molecular formula is C26H27F2N3O. The van der Waals surface area contributed by atoms with E-state index >= 15 is 0 Å². The van der Waals surface area contributed by atoms with Crippen LogP contribution in [0.4, 0.5) is 8.78 Å². The number of likely N-dealkylation sites (tertiary alicyclic amines) is 1. The van der Waals surface area contributed by atoms with Crippen molar-refractivity contribution < 1.29 is 8.78 Å². The van der Waals surface area contributed by atoms with Gasteiger partial charge in [-0.1, -0.05) is 24.3 Å². The van der Waals surface area contributed by atoms with Crippen molar-refractivity contribution in [1.29, 1.82) is 0 Å². The number of hydrogen-bond donors (Lipinski definition) is 1. The van der Waals surface area contributed by atoms with Gasteiger partial charge in [0.25, 0.3) is 5.56 Å². The van der Waals surface area contributed by atoms with Crippen LogP contribution in [0.15, 0.2) is 59.4 Å². The number of rotatable bonds is 6. The Balaban J connectivity index is 1.15. The molecule has 0 aliphatic carbocycles. The van der Waals surface area contributed by atoms with Gasteiger partial charge in [0, 0.05) is 43.2 Å². The van der Waals surface area contributed by atoms with E-state index in [4.69, 9.17) is 0 Å². The normalized spacial score (nSPS) is 19.4. The van der Waals surface area contributed by atoms with Gasteiger partial charge in [-0.25, -0.2) is 8.78 Å². The molecule has 0 unspecified atom stereocenters. The van der Waals surface area contributed by atoms with Gasteiger partial charge in [-0.3, -0.25) is 4.79 Å². The minimum atomic E-state index is -0.223. The predicted molar refractivity (Wildman–Crippen MR) is 124 cm³/mol.